The number of carbonyl (C=O) groups excluding carboxylic acids is 1. The molecule has 0 atom stereocenters. The maximum Gasteiger partial charge on any atom is 0.335 e. The molecule has 0 amide bonds. The highest BCUT2D eigenvalue weighted by atomic mass is 35.5. The van der Waals surface area contributed by atoms with Gasteiger partial charge >= 0.3 is 5.97 Å². The molecule has 0 aliphatic rings. The molecule has 0 bridgehead atoms. The van der Waals surface area contributed by atoms with Gasteiger partial charge in [0.1, 0.15) is 11.5 Å². The molecule has 0 spiro atoms. The first-order valence-corrected chi connectivity index (χ1v) is 10.1. The number of phenols is 1. The third-order valence-corrected chi connectivity index (χ3v) is 4.94. The van der Waals surface area contributed by atoms with Crippen LogP contribution in [0.1, 0.15) is 0 Å². The van der Waals surface area contributed by atoms with Crippen molar-refractivity contribution < 1.29 is 14.6 Å². The van der Waals surface area contributed by atoms with Gasteiger partial charge in [0.2, 0.25) is 0 Å². The Morgan fingerprint density at radius 2 is 1.31 bits per heavy atom. The minimum atomic E-state index is -0.632. The lowest BCUT2D eigenvalue weighted by molar-refractivity contribution is -0.128. The maximum absolute atomic E-state index is 11.4. The quantitative estimate of drug-likeness (QED) is 0.222. The number of esters is 1. The van der Waals surface area contributed by atoms with Gasteiger partial charge in [0.05, 0.1) is 5.56 Å². The van der Waals surface area contributed by atoms with Gasteiger partial charge in [-0.25, -0.2) is 19.7 Å². The summed E-state index contributed by atoms with van der Waals surface area (Å²) in [5.41, 5.74) is 1.80. The number of hydrogen-bond acceptors (Lipinski definition) is 6. The van der Waals surface area contributed by atoms with E-state index in [1.807, 2.05) is 0 Å². The molecule has 0 saturated heterocycles. The molecule has 32 heavy (non-hydrogen) atoms. The topological polar surface area (TPSA) is 85.2 Å². The number of halogens is 2. The molecule has 0 aliphatic carbocycles. The first-order valence-electron chi connectivity index (χ1n) is 9.38. The zero-order valence-corrected chi connectivity index (χ0v) is 18.0. The van der Waals surface area contributed by atoms with E-state index in [1.54, 1.807) is 54.6 Å². The Balaban J connectivity index is 1.84. The van der Waals surface area contributed by atoms with Crippen molar-refractivity contribution in [1.29, 1.82) is 0 Å². The van der Waals surface area contributed by atoms with Crippen LogP contribution >= 0.6 is 23.2 Å². The Morgan fingerprint density at radius 3 is 1.78 bits per heavy atom. The molecule has 6 nitrogen and oxygen atoms in total. The Hall–Kier alpha value is -3.74. The number of ether oxygens (including phenoxy) is 1. The molecule has 1 heterocycles. The fourth-order valence-corrected chi connectivity index (χ4v) is 3.13. The second-order valence-corrected chi connectivity index (χ2v) is 7.50. The third-order valence-electron chi connectivity index (χ3n) is 4.44. The normalized spacial score (nSPS) is 10.6. The van der Waals surface area contributed by atoms with Crippen LogP contribution in [0.2, 0.25) is 10.0 Å². The fraction of sp³-hybridized carbons (Fsp3) is 0. The van der Waals surface area contributed by atoms with E-state index in [4.69, 9.17) is 27.9 Å². The Morgan fingerprint density at radius 1 is 0.812 bits per heavy atom. The Bertz CT molecular complexity index is 1240. The lowest BCUT2D eigenvalue weighted by atomic mass is 10.1. The summed E-state index contributed by atoms with van der Waals surface area (Å²) in [4.78, 5) is 25.1. The number of aromatic hydroxyl groups is 1. The van der Waals surface area contributed by atoms with Crippen LogP contribution in [0.4, 0.5) is 0 Å². The monoisotopic (exact) mass is 463 g/mol. The van der Waals surface area contributed by atoms with Crippen molar-refractivity contribution in [2.45, 2.75) is 0 Å². The third kappa shape index (κ3) is 4.77. The van der Waals surface area contributed by atoms with Crippen molar-refractivity contribution in [3.8, 4) is 45.7 Å². The fourth-order valence-electron chi connectivity index (χ4n) is 2.87. The van der Waals surface area contributed by atoms with Crippen molar-refractivity contribution in [2.75, 3.05) is 0 Å². The van der Waals surface area contributed by atoms with Gasteiger partial charge in [0.15, 0.2) is 17.5 Å². The van der Waals surface area contributed by atoms with Crippen molar-refractivity contribution in [1.82, 2.24) is 15.0 Å². The predicted octanol–water partition coefficient (Wildman–Crippen LogP) is 5.98. The van der Waals surface area contributed by atoms with E-state index in [-0.39, 0.29) is 17.3 Å². The smallest absolute Gasteiger partial charge is 0.335 e. The van der Waals surface area contributed by atoms with Crippen molar-refractivity contribution in [3.63, 3.8) is 0 Å². The van der Waals surface area contributed by atoms with Gasteiger partial charge in [0.25, 0.3) is 0 Å². The summed E-state index contributed by atoms with van der Waals surface area (Å²) in [5.74, 6) is 0.424. The molecule has 4 rings (SSSR count). The summed E-state index contributed by atoms with van der Waals surface area (Å²) < 4.78 is 5.05. The van der Waals surface area contributed by atoms with Gasteiger partial charge in [0, 0.05) is 33.3 Å². The van der Waals surface area contributed by atoms with Gasteiger partial charge in [-0.3, -0.25) is 0 Å². The minimum Gasteiger partial charge on any atom is -0.507 e. The lowest BCUT2D eigenvalue weighted by Crippen LogP contribution is -2.03. The standard InChI is InChI=1S/C24H15Cl2N3O3/c1-2-21(31)32-18-11-12-19(20(30)13-18)24-28-22(14-3-7-16(25)8-4-14)27-23(29-24)15-5-9-17(26)10-6-15/h2-13,30H,1H2. The van der Waals surface area contributed by atoms with Crippen molar-refractivity contribution in [3.05, 3.63) is 89.4 Å². The van der Waals surface area contributed by atoms with Gasteiger partial charge < -0.3 is 9.84 Å². The largest absolute Gasteiger partial charge is 0.507 e. The second-order valence-electron chi connectivity index (χ2n) is 6.62. The number of aromatic nitrogens is 3. The SMILES string of the molecule is C=CC(=O)Oc1ccc(-c2nc(-c3ccc(Cl)cc3)nc(-c3ccc(Cl)cc3)n2)c(O)c1. The highest BCUT2D eigenvalue weighted by molar-refractivity contribution is 6.30. The number of carbonyl (C=O) groups is 1. The van der Waals surface area contributed by atoms with Crippen LogP contribution in [-0.2, 0) is 4.79 Å². The molecule has 8 heteroatoms. The summed E-state index contributed by atoms with van der Waals surface area (Å²) in [6.45, 7) is 3.35. The van der Waals surface area contributed by atoms with E-state index in [0.29, 0.717) is 27.3 Å². The lowest BCUT2D eigenvalue weighted by Gasteiger charge is -2.10. The number of rotatable bonds is 5. The van der Waals surface area contributed by atoms with Crippen LogP contribution in [0, 0.1) is 0 Å². The van der Waals surface area contributed by atoms with Crippen LogP contribution in [0.15, 0.2) is 79.4 Å². The molecule has 1 N–H and O–H groups in total. The van der Waals surface area contributed by atoms with E-state index < -0.39 is 5.97 Å². The molecule has 3 aromatic carbocycles. The van der Waals surface area contributed by atoms with E-state index in [2.05, 4.69) is 21.5 Å². The molecule has 0 radical (unpaired) electrons. The molecule has 158 valence electrons. The van der Waals surface area contributed by atoms with Crippen molar-refractivity contribution >= 4 is 29.2 Å². The predicted molar refractivity (Wildman–Crippen MR) is 124 cm³/mol. The highest BCUT2D eigenvalue weighted by Crippen LogP contribution is 2.33. The first-order chi connectivity index (χ1) is 15.4. The molecule has 0 aliphatic heterocycles. The molecule has 0 unspecified atom stereocenters. The van der Waals surface area contributed by atoms with E-state index >= 15 is 0 Å². The van der Waals surface area contributed by atoms with Gasteiger partial charge in [-0.1, -0.05) is 29.8 Å². The summed E-state index contributed by atoms with van der Waals surface area (Å²) in [7, 11) is 0. The van der Waals surface area contributed by atoms with Gasteiger partial charge in [-0.15, -0.1) is 0 Å². The molecule has 4 aromatic rings. The summed E-state index contributed by atoms with van der Waals surface area (Å²) in [6, 6.07) is 18.5. The van der Waals surface area contributed by atoms with E-state index in [9.17, 15) is 9.90 Å². The Kier molecular flexibility index (Phi) is 6.16. The highest BCUT2D eigenvalue weighted by Gasteiger charge is 2.16. The first kappa shape index (κ1) is 21.5. The van der Waals surface area contributed by atoms with Crippen LogP contribution < -0.4 is 4.74 Å². The minimum absolute atomic E-state index is 0.158. The summed E-state index contributed by atoms with van der Waals surface area (Å²) >= 11 is 12.0. The molecule has 0 saturated carbocycles. The summed E-state index contributed by atoms with van der Waals surface area (Å²) in [5, 5.41) is 11.7. The molecule has 0 fully saturated rings. The average molecular weight is 464 g/mol. The second kappa shape index (κ2) is 9.18. The van der Waals surface area contributed by atoms with Crippen LogP contribution in [-0.4, -0.2) is 26.0 Å². The van der Waals surface area contributed by atoms with E-state index in [1.165, 1.54) is 12.1 Å². The molecular formula is C24H15Cl2N3O3. The zero-order valence-electron chi connectivity index (χ0n) is 16.5. The zero-order chi connectivity index (χ0) is 22.7. The maximum atomic E-state index is 11.4. The van der Waals surface area contributed by atoms with Crippen molar-refractivity contribution in [2.24, 2.45) is 0 Å². The number of benzene rings is 3. The van der Waals surface area contributed by atoms with E-state index in [0.717, 1.165) is 17.2 Å². The molecular weight excluding hydrogens is 449 g/mol. The average Bonchev–Trinajstić information content (AvgIpc) is 2.79. The van der Waals surface area contributed by atoms with Crippen LogP contribution in [0.25, 0.3) is 34.2 Å². The molecule has 1 aromatic heterocycles. The number of hydrogen-bond donors (Lipinski definition) is 1. The van der Waals surface area contributed by atoms with Crippen LogP contribution in [0.5, 0.6) is 11.5 Å². The number of phenolic OH excluding ortho intramolecular Hbond substituents is 1. The van der Waals surface area contributed by atoms with Crippen LogP contribution in [0.3, 0.4) is 0 Å². The number of nitrogens with zero attached hydrogens (tertiary/aromatic N) is 3. The summed E-state index contributed by atoms with van der Waals surface area (Å²) in [6.07, 6.45) is 1.04. The Labute approximate surface area is 193 Å². The van der Waals surface area contributed by atoms with Gasteiger partial charge in [-0.2, -0.15) is 0 Å². The van der Waals surface area contributed by atoms with Gasteiger partial charge in [-0.05, 0) is 60.7 Å².